The second-order valence-corrected chi connectivity index (χ2v) is 3.85. The maximum Gasteiger partial charge on any atom is 0.240 e. The Morgan fingerprint density at radius 3 is 2.89 bits per heavy atom. The highest BCUT2D eigenvalue weighted by atomic mass is 16.5. The molecule has 0 atom stereocenters. The van der Waals surface area contributed by atoms with Crippen molar-refractivity contribution in [3.8, 4) is 11.5 Å². The molecular weight excluding hydrogens is 234 g/mol. The molecule has 1 aromatic carbocycles. The van der Waals surface area contributed by atoms with Crippen LogP contribution in [0.5, 0.6) is 11.5 Å². The fraction of sp³-hybridized carbons (Fsp3) is 0.333. The van der Waals surface area contributed by atoms with E-state index < -0.39 is 0 Å². The molecule has 0 aliphatic heterocycles. The van der Waals surface area contributed by atoms with Crippen LogP contribution in [0.25, 0.3) is 0 Å². The summed E-state index contributed by atoms with van der Waals surface area (Å²) in [6.45, 7) is 2.90. The Morgan fingerprint density at radius 1 is 1.39 bits per heavy atom. The van der Waals surface area contributed by atoms with E-state index in [1.54, 1.807) is 19.1 Å². The van der Waals surface area contributed by atoms with Crippen molar-refractivity contribution in [2.24, 2.45) is 0 Å². The number of ether oxygens (including phenoxy) is 1. The average molecular weight is 249 g/mol. The van der Waals surface area contributed by atoms with Gasteiger partial charge >= 0.3 is 0 Å². The number of aryl methyl sites for hydroxylation is 1. The molecule has 0 amide bonds. The summed E-state index contributed by atoms with van der Waals surface area (Å²) in [5, 5.41) is 16.3. The summed E-state index contributed by atoms with van der Waals surface area (Å²) in [6, 6.07) is 5.21. The van der Waals surface area contributed by atoms with Gasteiger partial charge in [0, 0.05) is 6.54 Å². The van der Waals surface area contributed by atoms with Gasteiger partial charge < -0.3 is 19.7 Å². The molecule has 6 nitrogen and oxygen atoms in total. The molecule has 96 valence electrons. The second-order valence-electron chi connectivity index (χ2n) is 3.85. The predicted octanol–water partition coefficient (Wildman–Crippen LogP) is 1.38. The quantitative estimate of drug-likeness (QED) is 0.833. The standard InChI is InChI=1S/C12H15N3O3/c1-8-14-12(18-15-8)7-13-6-9-3-4-10(16)11(5-9)17-2/h3-5,13,16H,6-7H2,1-2H3. The zero-order valence-corrected chi connectivity index (χ0v) is 10.3. The van der Waals surface area contributed by atoms with Gasteiger partial charge in [0.15, 0.2) is 17.3 Å². The lowest BCUT2D eigenvalue weighted by atomic mass is 10.2. The summed E-state index contributed by atoms with van der Waals surface area (Å²) < 4.78 is 10.0. The van der Waals surface area contributed by atoms with Crippen LogP contribution in [0.15, 0.2) is 22.7 Å². The molecule has 0 radical (unpaired) electrons. The monoisotopic (exact) mass is 249 g/mol. The van der Waals surface area contributed by atoms with Gasteiger partial charge in [-0.3, -0.25) is 0 Å². The van der Waals surface area contributed by atoms with Crippen molar-refractivity contribution >= 4 is 0 Å². The predicted molar refractivity (Wildman–Crippen MR) is 64.2 cm³/mol. The van der Waals surface area contributed by atoms with Gasteiger partial charge in [0.2, 0.25) is 5.89 Å². The largest absolute Gasteiger partial charge is 0.504 e. The topological polar surface area (TPSA) is 80.4 Å². The number of aromatic nitrogens is 2. The fourth-order valence-corrected chi connectivity index (χ4v) is 1.56. The summed E-state index contributed by atoms with van der Waals surface area (Å²) in [5.74, 6) is 1.77. The molecule has 2 N–H and O–H groups in total. The minimum absolute atomic E-state index is 0.133. The summed E-state index contributed by atoms with van der Waals surface area (Å²) >= 11 is 0. The van der Waals surface area contributed by atoms with Gasteiger partial charge in [-0.05, 0) is 24.6 Å². The highest BCUT2D eigenvalue weighted by Crippen LogP contribution is 2.26. The van der Waals surface area contributed by atoms with Crippen molar-refractivity contribution in [2.75, 3.05) is 7.11 Å². The van der Waals surface area contributed by atoms with E-state index in [9.17, 15) is 5.11 Å². The van der Waals surface area contributed by atoms with E-state index in [0.29, 0.717) is 30.6 Å². The SMILES string of the molecule is COc1cc(CNCc2nc(C)no2)ccc1O. The smallest absolute Gasteiger partial charge is 0.240 e. The summed E-state index contributed by atoms with van der Waals surface area (Å²) in [7, 11) is 1.52. The number of phenolic OH excluding ortho intramolecular Hbond substituents is 1. The van der Waals surface area contributed by atoms with Crippen molar-refractivity contribution in [3.63, 3.8) is 0 Å². The molecule has 6 heteroatoms. The molecule has 0 saturated heterocycles. The lowest BCUT2D eigenvalue weighted by Crippen LogP contribution is -2.12. The Labute approximate surface area is 105 Å². The maximum atomic E-state index is 9.46. The van der Waals surface area contributed by atoms with Crippen LogP contribution in [0, 0.1) is 6.92 Å². The first-order valence-electron chi connectivity index (χ1n) is 5.55. The normalized spacial score (nSPS) is 10.6. The molecule has 0 fully saturated rings. The molecule has 0 unspecified atom stereocenters. The Balaban J connectivity index is 1.90. The molecule has 1 aromatic heterocycles. The lowest BCUT2D eigenvalue weighted by molar-refractivity contribution is 0.363. The third-order valence-electron chi connectivity index (χ3n) is 2.42. The number of methoxy groups -OCH3 is 1. The Bertz CT molecular complexity index is 525. The number of nitrogens with one attached hydrogen (secondary N) is 1. The Kier molecular flexibility index (Phi) is 3.78. The number of hydrogen-bond donors (Lipinski definition) is 2. The van der Waals surface area contributed by atoms with E-state index in [4.69, 9.17) is 9.26 Å². The van der Waals surface area contributed by atoms with Crippen LogP contribution in [0.4, 0.5) is 0 Å². The number of benzene rings is 1. The average Bonchev–Trinajstić information content (AvgIpc) is 2.77. The van der Waals surface area contributed by atoms with Crippen LogP contribution in [-0.2, 0) is 13.1 Å². The van der Waals surface area contributed by atoms with Gasteiger partial charge in [0.05, 0.1) is 13.7 Å². The van der Waals surface area contributed by atoms with E-state index >= 15 is 0 Å². The van der Waals surface area contributed by atoms with Crippen LogP contribution in [-0.4, -0.2) is 22.4 Å². The van der Waals surface area contributed by atoms with E-state index in [0.717, 1.165) is 5.56 Å². The zero-order valence-electron chi connectivity index (χ0n) is 10.3. The molecule has 2 aromatic rings. The summed E-state index contributed by atoms with van der Waals surface area (Å²) in [4.78, 5) is 4.08. The Morgan fingerprint density at radius 2 is 2.22 bits per heavy atom. The fourth-order valence-electron chi connectivity index (χ4n) is 1.56. The lowest BCUT2D eigenvalue weighted by Gasteiger charge is -2.06. The van der Waals surface area contributed by atoms with Crippen molar-refractivity contribution < 1.29 is 14.4 Å². The van der Waals surface area contributed by atoms with Crippen molar-refractivity contribution in [2.45, 2.75) is 20.0 Å². The molecule has 18 heavy (non-hydrogen) atoms. The first-order chi connectivity index (χ1) is 8.69. The van der Waals surface area contributed by atoms with Gasteiger partial charge in [-0.2, -0.15) is 4.98 Å². The Hall–Kier alpha value is -2.08. The summed E-state index contributed by atoms with van der Waals surface area (Å²) in [5.41, 5.74) is 1.00. The van der Waals surface area contributed by atoms with Crippen molar-refractivity contribution in [1.29, 1.82) is 0 Å². The van der Waals surface area contributed by atoms with Crippen molar-refractivity contribution in [3.05, 3.63) is 35.5 Å². The minimum Gasteiger partial charge on any atom is -0.504 e. The molecule has 0 bridgehead atoms. The zero-order chi connectivity index (χ0) is 13.0. The first kappa shape index (κ1) is 12.4. The number of rotatable bonds is 5. The van der Waals surface area contributed by atoms with E-state index in [-0.39, 0.29) is 5.75 Å². The number of nitrogens with zero attached hydrogens (tertiary/aromatic N) is 2. The molecule has 0 spiro atoms. The van der Waals surface area contributed by atoms with Gasteiger partial charge in [-0.15, -0.1) is 0 Å². The highest BCUT2D eigenvalue weighted by Gasteiger charge is 2.04. The second kappa shape index (κ2) is 5.50. The van der Waals surface area contributed by atoms with Crippen LogP contribution in [0.1, 0.15) is 17.3 Å². The molecule has 0 aliphatic rings. The third kappa shape index (κ3) is 2.98. The number of aromatic hydroxyl groups is 1. The first-order valence-corrected chi connectivity index (χ1v) is 5.55. The molecule has 2 rings (SSSR count). The van der Waals surface area contributed by atoms with Crippen LogP contribution >= 0.6 is 0 Å². The molecule has 0 aliphatic carbocycles. The van der Waals surface area contributed by atoms with Crippen molar-refractivity contribution in [1.82, 2.24) is 15.5 Å². The van der Waals surface area contributed by atoms with Gasteiger partial charge in [-0.1, -0.05) is 11.2 Å². The summed E-state index contributed by atoms with van der Waals surface area (Å²) in [6.07, 6.45) is 0. The van der Waals surface area contributed by atoms with Crippen LogP contribution in [0.2, 0.25) is 0 Å². The molecule has 0 saturated carbocycles. The number of hydrogen-bond acceptors (Lipinski definition) is 6. The van der Waals surface area contributed by atoms with Crippen LogP contribution < -0.4 is 10.1 Å². The minimum atomic E-state index is 0.133. The maximum absolute atomic E-state index is 9.46. The van der Waals surface area contributed by atoms with E-state index in [1.165, 1.54) is 7.11 Å². The number of phenols is 1. The molecular formula is C12H15N3O3. The van der Waals surface area contributed by atoms with Gasteiger partial charge in [-0.25, -0.2) is 0 Å². The van der Waals surface area contributed by atoms with E-state index in [2.05, 4.69) is 15.5 Å². The molecule has 1 heterocycles. The van der Waals surface area contributed by atoms with Gasteiger partial charge in [0.25, 0.3) is 0 Å². The highest BCUT2D eigenvalue weighted by molar-refractivity contribution is 5.41. The van der Waals surface area contributed by atoms with E-state index in [1.807, 2.05) is 6.07 Å². The van der Waals surface area contributed by atoms with Gasteiger partial charge in [0.1, 0.15) is 0 Å². The third-order valence-corrected chi connectivity index (χ3v) is 2.42. The van der Waals surface area contributed by atoms with Crippen LogP contribution in [0.3, 0.4) is 0 Å².